The van der Waals surface area contributed by atoms with Gasteiger partial charge in [-0.25, -0.2) is 0 Å². The van der Waals surface area contributed by atoms with Crippen LogP contribution in [0.1, 0.15) is 36.8 Å². The third-order valence-corrected chi connectivity index (χ3v) is 4.95. The number of aliphatic imine (C=N–C) groups is 2. The van der Waals surface area contributed by atoms with Crippen LogP contribution in [0.4, 0.5) is 11.4 Å². The lowest BCUT2D eigenvalue weighted by Gasteiger charge is -2.25. The number of benzene rings is 2. The SMILES string of the molecule is O=[N+]([O-])c1ccc(O)c(C=N[C@H]2CCCC[C@H]2N=Cc2cc([N+](=O)[O-])ccc2O)c1. The number of phenols is 2. The third-order valence-electron chi connectivity index (χ3n) is 4.95. The van der Waals surface area contributed by atoms with Gasteiger partial charge in [-0.2, -0.15) is 0 Å². The van der Waals surface area contributed by atoms with E-state index >= 15 is 0 Å². The average molecular weight is 412 g/mol. The molecule has 10 nitrogen and oxygen atoms in total. The summed E-state index contributed by atoms with van der Waals surface area (Å²) in [5.74, 6) is -0.219. The van der Waals surface area contributed by atoms with Crippen LogP contribution < -0.4 is 0 Å². The highest BCUT2D eigenvalue weighted by Gasteiger charge is 2.23. The second kappa shape index (κ2) is 9.12. The molecule has 0 radical (unpaired) electrons. The molecule has 2 aromatic carbocycles. The van der Waals surface area contributed by atoms with E-state index < -0.39 is 9.85 Å². The van der Waals surface area contributed by atoms with Gasteiger partial charge in [0.15, 0.2) is 0 Å². The summed E-state index contributed by atoms with van der Waals surface area (Å²) in [5.41, 5.74) is 0.199. The molecule has 1 saturated carbocycles. The predicted molar refractivity (Wildman–Crippen MR) is 111 cm³/mol. The molecule has 0 aromatic heterocycles. The number of nitro groups is 2. The lowest BCUT2D eigenvalue weighted by atomic mass is 9.91. The van der Waals surface area contributed by atoms with E-state index in [0.717, 1.165) is 25.7 Å². The van der Waals surface area contributed by atoms with E-state index in [0.29, 0.717) is 0 Å². The van der Waals surface area contributed by atoms with Gasteiger partial charge in [0.25, 0.3) is 11.4 Å². The summed E-state index contributed by atoms with van der Waals surface area (Å²) in [6, 6.07) is 7.01. The maximum atomic E-state index is 10.9. The molecule has 0 spiro atoms. The zero-order chi connectivity index (χ0) is 21.7. The molecule has 2 atom stereocenters. The highest BCUT2D eigenvalue weighted by atomic mass is 16.6. The number of rotatable bonds is 6. The molecule has 1 aliphatic carbocycles. The van der Waals surface area contributed by atoms with Crippen molar-refractivity contribution in [2.45, 2.75) is 37.8 Å². The number of hydrogen-bond acceptors (Lipinski definition) is 8. The summed E-state index contributed by atoms with van der Waals surface area (Å²) in [6.07, 6.45) is 6.19. The number of aromatic hydroxyl groups is 2. The maximum Gasteiger partial charge on any atom is 0.270 e. The third kappa shape index (κ3) is 4.96. The van der Waals surface area contributed by atoms with Crippen molar-refractivity contribution < 1.29 is 20.1 Å². The monoisotopic (exact) mass is 412 g/mol. The quantitative estimate of drug-likeness (QED) is 0.419. The normalized spacial score (nSPS) is 19.3. The summed E-state index contributed by atoms with van der Waals surface area (Å²) in [4.78, 5) is 29.7. The molecule has 0 unspecified atom stereocenters. The van der Waals surface area contributed by atoms with Gasteiger partial charge in [0.1, 0.15) is 11.5 Å². The molecular formula is C20H20N4O6. The lowest BCUT2D eigenvalue weighted by molar-refractivity contribution is -0.385. The zero-order valence-corrected chi connectivity index (χ0v) is 15.9. The van der Waals surface area contributed by atoms with Crippen molar-refractivity contribution in [1.82, 2.24) is 0 Å². The molecule has 0 saturated heterocycles. The first kappa shape index (κ1) is 20.9. The van der Waals surface area contributed by atoms with E-state index in [4.69, 9.17) is 0 Å². The van der Waals surface area contributed by atoms with Crippen LogP contribution in [0.3, 0.4) is 0 Å². The fraction of sp³-hybridized carbons (Fsp3) is 0.300. The van der Waals surface area contributed by atoms with Gasteiger partial charge >= 0.3 is 0 Å². The second-order valence-electron chi connectivity index (χ2n) is 6.98. The van der Waals surface area contributed by atoms with E-state index in [1.165, 1.54) is 48.8 Å². The minimum atomic E-state index is -0.546. The Bertz CT molecular complexity index is 939. The highest BCUT2D eigenvalue weighted by Crippen LogP contribution is 2.27. The fourth-order valence-electron chi connectivity index (χ4n) is 3.31. The molecule has 0 amide bonds. The average Bonchev–Trinajstić information content (AvgIpc) is 2.72. The maximum absolute atomic E-state index is 10.9. The van der Waals surface area contributed by atoms with Crippen molar-refractivity contribution in [3.05, 3.63) is 67.8 Å². The van der Waals surface area contributed by atoms with Crippen LogP contribution in [0.25, 0.3) is 0 Å². The van der Waals surface area contributed by atoms with Crippen LogP contribution in [0.5, 0.6) is 11.5 Å². The van der Waals surface area contributed by atoms with E-state index in [-0.39, 0.29) is 46.1 Å². The molecular weight excluding hydrogens is 392 g/mol. The largest absolute Gasteiger partial charge is 0.507 e. The summed E-state index contributed by atoms with van der Waals surface area (Å²) in [6.45, 7) is 0. The predicted octanol–water partition coefficient (Wildman–Crippen LogP) is 3.76. The Morgan fingerprint density at radius 2 is 1.20 bits per heavy atom. The second-order valence-corrected chi connectivity index (χ2v) is 6.98. The molecule has 10 heteroatoms. The van der Waals surface area contributed by atoms with Crippen molar-refractivity contribution in [2.75, 3.05) is 0 Å². The Morgan fingerprint density at radius 3 is 1.57 bits per heavy atom. The van der Waals surface area contributed by atoms with Gasteiger partial charge in [0.05, 0.1) is 21.9 Å². The minimum Gasteiger partial charge on any atom is -0.507 e. The van der Waals surface area contributed by atoms with Crippen LogP contribution >= 0.6 is 0 Å². The van der Waals surface area contributed by atoms with Gasteiger partial charge in [-0.3, -0.25) is 30.2 Å². The number of nitrogens with zero attached hydrogens (tertiary/aromatic N) is 4. The highest BCUT2D eigenvalue weighted by molar-refractivity contribution is 5.85. The first-order valence-corrected chi connectivity index (χ1v) is 9.36. The molecule has 1 aliphatic rings. The van der Waals surface area contributed by atoms with Crippen LogP contribution in [0, 0.1) is 20.2 Å². The van der Waals surface area contributed by atoms with Gasteiger partial charge in [-0.15, -0.1) is 0 Å². The van der Waals surface area contributed by atoms with E-state index in [9.17, 15) is 30.4 Å². The Hall–Kier alpha value is -3.82. The Balaban J connectivity index is 1.81. The van der Waals surface area contributed by atoms with Gasteiger partial charge in [-0.05, 0) is 25.0 Å². The summed E-state index contributed by atoms with van der Waals surface area (Å²) in [5, 5.41) is 41.7. The minimum absolute atomic E-state index is 0.110. The number of nitro benzene ring substituents is 2. The van der Waals surface area contributed by atoms with Crippen molar-refractivity contribution in [3.8, 4) is 11.5 Å². The molecule has 2 N–H and O–H groups in total. The molecule has 156 valence electrons. The molecule has 30 heavy (non-hydrogen) atoms. The fourth-order valence-corrected chi connectivity index (χ4v) is 3.31. The summed E-state index contributed by atoms with van der Waals surface area (Å²) in [7, 11) is 0. The van der Waals surface area contributed by atoms with Gasteiger partial charge in [0, 0.05) is 47.8 Å². The first-order chi connectivity index (χ1) is 14.3. The molecule has 0 aliphatic heterocycles. The van der Waals surface area contributed by atoms with E-state index in [1.54, 1.807) is 0 Å². The lowest BCUT2D eigenvalue weighted by Crippen LogP contribution is -2.27. The van der Waals surface area contributed by atoms with Crippen LogP contribution in [-0.4, -0.2) is 44.6 Å². The molecule has 1 fully saturated rings. The van der Waals surface area contributed by atoms with Crippen LogP contribution in [-0.2, 0) is 0 Å². The van der Waals surface area contributed by atoms with Gasteiger partial charge in [0.2, 0.25) is 0 Å². The van der Waals surface area contributed by atoms with Crippen molar-refractivity contribution in [2.24, 2.45) is 9.98 Å². The molecule has 0 bridgehead atoms. The topological polar surface area (TPSA) is 151 Å². The van der Waals surface area contributed by atoms with Gasteiger partial charge in [-0.1, -0.05) is 12.8 Å². The number of hydrogen-bond donors (Lipinski definition) is 2. The molecule has 3 rings (SSSR count). The Kier molecular flexibility index (Phi) is 6.35. The van der Waals surface area contributed by atoms with Crippen LogP contribution in [0.2, 0.25) is 0 Å². The first-order valence-electron chi connectivity index (χ1n) is 9.36. The summed E-state index contributed by atoms with van der Waals surface area (Å²) >= 11 is 0. The number of phenolic OH excluding ortho intramolecular Hbond substituents is 2. The Morgan fingerprint density at radius 1 is 0.800 bits per heavy atom. The summed E-state index contributed by atoms with van der Waals surface area (Å²) < 4.78 is 0. The van der Waals surface area contributed by atoms with Crippen molar-refractivity contribution in [1.29, 1.82) is 0 Å². The van der Waals surface area contributed by atoms with Crippen molar-refractivity contribution >= 4 is 23.8 Å². The molecule has 0 heterocycles. The Labute approximate surface area is 171 Å². The van der Waals surface area contributed by atoms with E-state index in [2.05, 4.69) is 9.98 Å². The van der Waals surface area contributed by atoms with Crippen LogP contribution in [0.15, 0.2) is 46.4 Å². The number of non-ortho nitro benzene ring substituents is 2. The van der Waals surface area contributed by atoms with Gasteiger partial charge < -0.3 is 10.2 Å². The standard InChI is InChI=1S/C20H20N4O6/c25-19-7-5-15(23(27)28)9-13(19)11-21-17-3-1-2-4-18(17)22-12-14-10-16(24(29)30)6-8-20(14)26/h5-12,17-18,25-26H,1-4H2/t17-,18+. The smallest absolute Gasteiger partial charge is 0.270 e. The van der Waals surface area contributed by atoms with E-state index in [1.807, 2.05) is 0 Å². The zero-order valence-electron chi connectivity index (χ0n) is 15.9. The molecule has 2 aromatic rings. The van der Waals surface area contributed by atoms with Crippen molar-refractivity contribution in [3.63, 3.8) is 0 Å².